The van der Waals surface area contributed by atoms with E-state index in [0.717, 1.165) is 42.5 Å². The topological polar surface area (TPSA) is 48.8 Å². The van der Waals surface area contributed by atoms with Gasteiger partial charge in [0.25, 0.3) is 0 Å². The highest BCUT2D eigenvalue weighted by molar-refractivity contribution is 6.62. The summed E-state index contributed by atoms with van der Waals surface area (Å²) < 4.78 is 20.2. The number of hydrogen-bond donors (Lipinski definition) is 0. The molecule has 28 heavy (non-hydrogen) atoms. The average Bonchev–Trinajstić information content (AvgIpc) is 3.09. The summed E-state index contributed by atoms with van der Waals surface area (Å²) in [7, 11) is -0.339. The van der Waals surface area contributed by atoms with E-state index in [1.807, 2.05) is 4.68 Å². The van der Waals surface area contributed by atoms with Gasteiger partial charge in [0.1, 0.15) is 0 Å². The van der Waals surface area contributed by atoms with Gasteiger partial charge in [-0.2, -0.15) is 5.10 Å². The molecule has 4 rings (SSSR count). The van der Waals surface area contributed by atoms with Gasteiger partial charge >= 0.3 is 7.12 Å². The fraction of sp³-hybridized carbons (Fsp3) is 0.667. The third kappa shape index (κ3) is 3.86. The number of aromatic nitrogens is 2. The largest absolute Gasteiger partial charge is 0.494 e. The maximum Gasteiger partial charge on any atom is 0.494 e. The van der Waals surface area contributed by atoms with Gasteiger partial charge in [0, 0.05) is 31.2 Å². The highest BCUT2D eigenvalue weighted by Crippen LogP contribution is 2.36. The van der Waals surface area contributed by atoms with E-state index < -0.39 is 0 Å². The molecule has 0 N–H and O–H groups in total. The first-order valence-corrected chi connectivity index (χ1v) is 10.3. The quantitative estimate of drug-likeness (QED) is 0.757. The first kappa shape index (κ1) is 19.9. The lowest BCUT2D eigenvalue weighted by Gasteiger charge is -2.35. The Bertz CT molecular complexity index is 825. The summed E-state index contributed by atoms with van der Waals surface area (Å²) in [6.45, 7) is 16.4. The molecule has 2 aromatic rings. The minimum absolute atomic E-state index is 0.294. The normalized spacial score (nSPS) is 27.6. The minimum Gasteiger partial charge on any atom is -0.399 e. The van der Waals surface area contributed by atoms with E-state index in [4.69, 9.17) is 19.1 Å². The summed E-state index contributed by atoms with van der Waals surface area (Å²) in [5.74, 6) is 0. The van der Waals surface area contributed by atoms with Crippen LogP contribution in [0, 0.1) is 0 Å². The van der Waals surface area contributed by atoms with E-state index in [1.165, 1.54) is 0 Å². The number of morpholine rings is 1. The van der Waals surface area contributed by atoms with Crippen LogP contribution in [0.2, 0.25) is 0 Å². The van der Waals surface area contributed by atoms with Gasteiger partial charge in [-0.3, -0.25) is 9.58 Å². The van der Waals surface area contributed by atoms with Crippen molar-refractivity contribution in [2.45, 2.75) is 71.5 Å². The molecule has 6 nitrogen and oxygen atoms in total. The van der Waals surface area contributed by atoms with Crippen LogP contribution in [-0.4, -0.2) is 64.8 Å². The van der Waals surface area contributed by atoms with Crippen LogP contribution in [0.25, 0.3) is 10.9 Å². The minimum atomic E-state index is -0.339. The Morgan fingerprint density at radius 3 is 2.32 bits per heavy atom. The fourth-order valence-corrected chi connectivity index (χ4v) is 4.05. The molecule has 0 amide bonds. The van der Waals surface area contributed by atoms with Crippen LogP contribution < -0.4 is 5.46 Å². The maximum atomic E-state index is 6.18. The Hall–Kier alpha value is -1.41. The van der Waals surface area contributed by atoms with Crippen molar-refractivity contribution in [3.63, 3.8) is 0 Å². The predicted octanol–water partition coefficient (Wildman–Crippen LogP) is 2.44. The molecule has 1 aromatic carbocycles. The first-order chi connectivity index (χ1) is 13.1. The van der Waals surface area contributed by atoms with Gasteiger partial charge in [0.05, 0.1) is 35.5 Å². The molecular weight excluding hydrogens is 353 g/mol. The Morgan fingerprint density at radius 1 is 1.04 bits per heavy atom. The molecule has 7 heteroatoms. The van der Waals surface area contributed by atoms with Gasteiger partial charge in [0.15, 0.2) is 0 Å². The zero-order valence-corrected chi connectivity index (χ0v) is 17.9. The second-order valence-corrected chi connectivity index (χ2v) is 9.32. The van der Waals surface area contributed by atoms with Gasteiger partial charge in [0.2, 0.25) is 0 Å². The summed E-state index contributed by atoms with van der Waals surface area (Å²) >= 11 is 0. The standard InChI is InChI=1S/C21H32BN3O3/c1-15-12-24(13-16(2)26-15)9-10-25-14-17-11-18(7-8-19(17)23-25)22-27-20(3,4)21(5,6)28-22/h7-8,11,14-16H,9-10,12-13H2,1-6H3/t15-,16+. The predicted molar refractivity (Wildman–Crippen MR) is 112 cm³/mol. The highest BCUT2D eigenvalue weighted by atomic mass is 16.7. The lowest BCUT2D eigenvalue weighted by atomic mass is 9.79. The van der Waals surface area contributed by atoms with Gasteiger partial charge in [-0.05, 0) is 53.1 Å². The van der Waals surface area contributed by atoms with E-state index >= 15 is 0 Å². The van der Waals surface area contributed by atoms with Crippen LogP contribution in [0.15, 0.2) is 24.4 Å². The first-order valence-electron chi connectivity index (χ1n) is 10.3. The van der Waals surface area contributed by atoms with Crippen molar-refractivity contribution < 1.29 is 14.0 Å². The third-order valence-electron chi connectivity index (χ3n) is 6.24. The number of nitrogens with zero attached hydrogens (tertiary/aromatic N) is 3. The SMILES string of the molecule is C[C@@H]1CN(CCn2cc3cc(B4OC(C)(C)C(C)(C)O4)ccc3n2)C[C@H](C)O1. The number of hydrogen-bond acceptors (Lipinski definition) is 5. The van der Waals surface area contributed by atoms with Gasteiger partial charge in [-0.1, -0.05) is 12.1 Å². The van der Waals surface area contributed by atoms with Crippen molar-refractivity contribution >= 4 is 23.5 Å². The van der Waals surface area contributed by atoms with Crippen LogP contribution in [0.3, 0.4) is 0 Å². The van der Waals surface area contributed by atoms with E-state index in [1.54, 1.807) is 0 Å². The van der Waals surface area contributed by atoms with Crippen LogP contribution >= 0.6 is 0 Å². The molecule has 152 valence electrons. The molecule has 0 radical (unpaired) electrons. The summed E-state index contributed by atoms with van der Waals surface area (Å²) in [5, 5.41) is 5.86. The van der Waals surface area contributed by atoms with Crippen molar-refractivity contribution in [3.05, 3.63) is 24.4 Å². The second kappa shape index (κ2) is 7.13. The zero-order chi connectivity index (χ0) is 20.1. The lowest BCUT2D eigenvalue weighted by molar-refractivity contribution is -0.0687. The van der Waals surface area contributed by atoms with Crippen LogP contribution in [0.5, 0.6) is 0 Å². The van der Waals surface area contributed by atoms with Crippen LogP contribution in [-0.2, 0) is 20.6 Å². The number of ether oxygens (including phenoxy) is 1. The van der Waals surface area contributed by atoms with E-state index in [2.05, 4.69) is 70.8 Å². The van der Waals surface area contributed by atoms with Gasteiger partial charge in [-0.15, -0.1) is 0 Å². The van der Waals surface area contributed by atoms with Gasteiger partial charge < -0.3 is 14.0 Å². The van der Waals surface area contributed by atoms with Crippen molar-refractivity contribution in [3.8, 4) is 0 Å². The summed E-state index contributed by atoms with van der Waals surface area (Å²) in [5.41, 5.74) is 1.39. The molecule has 2 aliphatic rings. The zero-order valence-electron chi connectivity index (χ0n) is 17.9. The van der Waals surface area contributed by atoms with Crippen LogP contribution in [0.4, 0.5) is 0 Å². The Balaban J connectivity index is 1.45. The molecule has 0 spiro atoms. The molecule has 0 saturated carbocycles. The van der Waals surface area contributed by atoms with Crippen molar-refractivity contribution in [2.24, 2.45) is 0 Å². The summed E-state index contributed by atoms with van der Waals surface area (Å²) in [4.78, 5) is 2.46. The number of benzene rings is 1. The average molecular weight is 385 g/mol. The lowest BCUT2D eigenvalue weighted by Crippen LogP contribution is -2.46. The Morgan fingerprint density at radius 2 is 1.68 bits per heavy atom. The van der Waals surface area contributed by atoms with Gasteiger partial charge in [-0.25, -0.2) is 0 Å². The maximum absolute atomic E-state index is 6.18. The number of fused-ring (bicyclic) bond motifs is 1. The monoisotopic (exact) mass is 385 g/mol. The Kier molecular flexibility index (Phi) is 5.07. The summed E-state index contributed by atoms with van der Waals surface area (Å²) in [6.07, 6.45) is 2.71. The molecule has 0 unspecified atom stereocenters. The molecule has 0 bridgehead atoms. The van der Waals surface area contributed by atoms with E-state index in [0.29, 0.717) is 12.2 Å². The molecule has 1 aromatic heterocycles. The molecule has 2 aliphatic heterocycles. The van der Waals surface area contributed by atoms with E-state index in [-0.39, 0.29) is 18.3 Å². The number of rotatable bonds is 4. The molecule has 3 heterocycles. The molecule has 2 saturated heterocycles. The molecular formula is C21H32BN3O3. The van der Waals surface area contributed by atoms with Crippen LogP contribution in [0.1, 0.15) is 41.5 Å². The molecule has 2 atom stereocenters. The second-order valence-electron chi connectivity index (χ2n) is 9.32. The summed E-state index contributed by atoms with van der Waals surface area (Å²) in [6, 6.07) is 6.26. The Labute approximate surface area is 168 Å². The van der Waals surface area contributed by atoms with E-state index in [9.17, 15) is 0 Å². The van der Waals surface area contributed by atoms with Crippen molar-refractivity contribution in [1.29, 1.82) is 0 Å². The fourth-order valence-electron chi connectivity index (χ4n) is 4.05. The molecule has 2 fully saturated rings. The highest BCUT2D eigenvalue weighted by Gasteiger charge is 2.51. The molecule has 0 aliphatic carbocycles. The van der Waals surface area contributed by atoms with Crippen molar-refractivity contribution in [2.75, 3.05) is 19.6 Å². The smallest absolute Gasteiger partial charge is 0.399 e. The third-order valence-corrected chi connectivity index (χ3v) is 6.24. The van der Waals surface area contributed by atoms with Crippen molar-refractivity contribution in [1.82, 2.24) is 14.7 Å².